The van der Waals surface area contributed by atoms with Crippen molar-refractivity contribution < 1.29 is 14.3 Å². The smallest absolute Gasteiger partial charge is 0.276 e. The predicted molar refractivity (Wildman–Crippen MR) is 120 cm³/mol. The van der Waals surface area contributed by atoms with E-state index in [9.17, 15) is 9.59 Å². The molecular formula is C22H22ClN5O3. The highest BCUT2D eigenvalue weighted by Crippen LogP contribution is 2.21. The van der Waals surface area contributed by atoms with Gasteiger partial charge in [0.15, 0.2) is 5.69 Å². The number of anilines is 3. The van der Waals surface area contributed by atoms with Crippen molar-refractivity contribution in [2.75, 3.05) is 41.8 Å². The first kappa shape index (κ1) is 20.9. The van der Waals surface area contributed by atoms with E-state index in [0.29, 0.717) is 35.3 Å². The minimum Gasteiger partial charge on any atom is -0.378 e. The molecule has 0 radical (unpaired) electrons. The Kier molecular flexibility index (Phi) is 6.20. The van der Waals surface area contributed by atoms with E-state index >= 15 is 0 Å². The minimum absolute atomic E-state index is 0.189. The average molecular weight is 440 g/mol. The second kappa shape index (κ2) is 9.20. The number of rotatable bonds is 5. The van der Waals surface area contributed by atoms with Crippen molar-refractivity contribution >= 4 is 40.6 Å². The summed E-state index contributed by atoms with van der Waals surface area (Å²) in [6, 6.07) is 15.9. The summed E-state index contributed by atoms with van der Waals surface area (Å²) in [5.74, 6) is -0.357. The van der Waals surface area contributed by atoms with Crippen LogP contribution in [0.25, 0.3) is 0 Å². The Morgan fingerprint density at radius 1 is 1.00 bits per heavy atom. The Balaban J connectivity index is 1.41. The molecule has 0 bridgehead atoms. The molecule has 0 atom stereocenters. The van der Waals surface area contributed by atoms with Gasteiger partial charge in [-0.2, -0.15) is 5.10 Å². The summed E-state index contributed by atoms with van der Waals surface area (Å²) in [4.78, 5) is 27.3. The lowest BCUT2D eigenvalue weighted by Gasteiger charge is -2.28. The third kappa shape index (κ3) is 4.87. The van der Waals surface area contributed by atoms with Crippen LogP contribution in [0.15, 0.2) is 54.6 Å². The number of aromatic nitrogens is 2. The minimum atomic E-state index is -0.376. The highest BCUT2D eigenvalue weighted by atomic mass is 35.5. The Hall–Kier alpha value is -3.36. The number of halogens is 1. The van der Waals surface area contributed by atoms with Crippen LogP contribution in [-0.2, 0) is 11.8 Å². The maximum Gasteiger partial charge on any atom is 0.276 e. The normalized spacial score (nSPS) is 13.7. The molecule has 1 fully saturated rings. The van der Waals surface area contributed by atoms with E-state index in [1.165, 1.54) is 10.7 Å². The third-order valence-electron chi connectivity index (χ3n) is 4.97. The highest BCUT2D eigenvalue weighted by molar-refractivity contribution is 6.34. The molecule has 4 rings (SSSR count). The van der Waals surface area contributed by atoms with E-state index in [2.05, 4.69) is 20.6 Å². The number of aryl methyl sites for hydroxylation is 1. The maximum absolute atomic E-state index is 12.6. The van der Waals surface area contributed by atoms with Gasteiger partial charge in [0.25, 0.3) is 11.8 Å². The van der Waals surface area contributed by atoms with Gasteiger partial charge >= 0.3 is 0 Å². The number of hydrogen-bond acceptors (Lipinski definition) is 5. The maximum atomic E-state index is 12.6. The van der Waals surface area contributed by atoms with Gasteiger partial charge in [-0.15, -0.1) is 0 Å². The molecule has 31 heavy (non-hydrogen) atoms. The zero-order valence-corrected chi connectivity index (χ0v) is 17.7. The molecule has 2 amide bonds. The summed E-state index contributed by atoms with van der Waals surface area (Å²) in [6.07, 6.45) is 0. The zero-order chi connectivity index (χ0) is 21.8. The van der Waals surface area contributed by atoms with E-state index in [4.69, 9.17) is 16.3 Å². The summed E-state index contributed by atoms with van der Waals surface area (Å²) in [6.45, 7) is 3.13. The number of benzene rings is 2. The molecule has 0 saturated carbocycles. The van der Waals surface area contributed by atoms with Crippen molar-refractivity contribution in [2.45, 2.75) is 0 Å². The van der Waals surface area contributed by atoms with Crippen LogP contribution < -0.4 is 15.5 Å². The van der Waals surface area contributed by atoms with Gasteiger partial charge in [0.1, 0.15) is 5.82 Å². The number of nitrogens with zero attached hydrogens (tertiary/aromatic N) is 3. The Morgan fingerprint density at radius 2 is 1.71 bits per heavy atom. The van der Waals surface area contributed by atoms with Crippen molar-refractivity contribution in [1.29, 1.82) is 0 Å². The van der Waals surface area contributed by atoms with Crippen LogP contribution >= 0.6 is 11.6 Å². The van der Waals surface area contributed by atoms with Crippen molar-refractivity contribution in [3.63, 3.8) is 0 Å². The first-order valence-corrected chi connectivity index (χ1v) is 10.2. The first-order valence-electron chi connectivity index (χ1n) is 9.85. The molecule has 2 heterocycles. The van der Waals surface area contributed by atoms with E-state index in [1.54, 1.807) is 31.3 Å². The van der Waals surface area contributed by atoms with Crippen molar-refractivity contribution in [1.82, 2.24) is 9.78 Å². The lowest BCUT2D eigenvalue weighted by Crippen LogP contribution is -2.36. The second-order valence-electron chi connectivity index (χ2n) is 7.07. The Labute approximate surface area is 184 Å². The molecule has 3 aromatic rings. The van der Waals surface area contributed by atoms with Crippen LogP contribution in [0.4, 0.5) is 17.2 Å². The van der Waals surface area contributed by atoms with Crippen molar-refractivity contribution in [3.8, 4) is 0 Å². The van der Waals surface area contributed by atoms with Gasteiger partial charge in [-0.05, 0) is 36.4 Å². The fourth-order valence-corrected chi connectivity index (χ4v) is 3.52. The van der Waals surface area contributed by atoms with Gasteiger partial charge in [-0.1, -0.05) is 23.7 Å². The molecule has 1 saturated heterocycles. The second-order valence-corrected chi connectivity index (χ2v) is 7.48. The zero-order valence-electron chi connectivity index (χ0n) is 17.0. The molecule has 0 aliphatic carbocycles. The van der Waals surface area contributed by atoms with Crippen LogP contribution in [-0.4, -0.2) is 47.9 Å². The number of carbonyl (C=O) groups excluding carboxylic acids is 2. The molecule has 1 aliphatic heterocycles. The van der Waals surface area contributed by atoms with Gasteiger partial charge in [-0.25, -0.2) is 0 Å². The van der Waals surface area contributed by atoms with Crippen molar-refractivity contribution in [2.24, 2.45) is 7.05 Å². The Bertz CT molecular complexity index is 1090. The van der Waals surface area contributed by atoms with Crippen LogP contribution in [0, 0.1) is 0 Å². The number of morpholine rings is 1. The molecular weight excluding hydrogens is 418 g/mol. The summed E-state index contributed by atoms with van der Waals surface area (Å²) < 4.78 is 6.81. The number of carbonyl (C=O) groups is 2. The lowest BCUT2D eigenvalue weighted by molar-refractivity contribution is 0.101. The van der Waals surface area contributed by atoms with Crippen LogP contribution in [0.1, 0.15) is 20.8 Å². The summed E-state index contributed by atoms with van der Waals surface area (Å²) >= 11 is 6.08. The fourth-order valence-electron chi connectivity index (χ4n) is 3.30. The molecule has 160 valence electrons. The van der Waals surface area contributed by atoms with Gasteiger partial charge < -0.3 is 20.3 Å². The highest BCUT2D eigenvalue weighted by Gasteiger charge is 2.17. The van der Waals surface area contributed by atoms with E-state index in [-0.39, 0.29) is 17.5 Å². The van der Waals surface area contributed by atoms with Crippen LogP contribution in [0.3, 0.4) is 0 Å². The predicted octanol–water partition coefficient (Wildman–Crippen LogP) is 3.41. The van der Waals surface area contributed by atoms with Crippen LogP contribution in [0.5, 0.6) is 0 Å². The van der Waals surface area contributed by atoms with Gasteiger partial charge in [0.05, 0.1) is 23.8 Å². The molecule has 1 aromatic heterocycles. The molecule has 2 N–H and O–H groups in total. The molecule has 0 spiro atoms. The number of amides is 2. The van der Waals surface area contributed by atoms with Gasteiger partial charge in [0, 0.05) is 37.6 Å². The van der Waals surface area contributed by atoms with Gasteiger partial charge in [-0.3, -0.25) is 14.3 Å². The lowest BCUT2D eigenvalue weighted by atomic mass is 10.2. The SMILES string of the molecule is Cn1nc(C(=O)Nc2ccc(N3CCOCC3)cc2)cc1NC(=O)c1ccccc1Cl. The number of nitrogens with one attached hydrogen (secondary N) is 2. The standard InChI is InChI=1S/C22H22ClN5O3/c1-27-20(25-21(29)17-4-2-3-5-18(17)23)14-19(26-27)22(30)24-15-6-8-16(9-7-15)28-10-12-31-13-11-28/h2-9,14H,10-13H2,1H3,(H,24,30)(H,25,29). The molecule has 8 nitrogen and oxygen atoms in total. The number of ether oxygens (including phenoxy) is 1. The number of hydrogen-bond donors (Lipinski definition) is 2. The Morgan fingerprint density at radius 3 is 2.42 bits per heavy atom. The summed E-state index contributed by atoms with van der Waals surface area (Å²) in [5, 5.41) is 10.1. The topological polar surface area (TPSA) is 88.5 Å². The molecule has 1 aliphatic rings. The third-order valence-corrected chi connectivity index (χ3v) is 5.30. The average Bonchev–Trinajstić information content (AvgIpc) is 3.15. The van der Waals surface area contributed by atoms with Crippen LogP contribution in [0.2, 0.25) is 5.02 Å². The largest absolute Gasteiger partial charge is 0.378 e. The molecule has 0 unspecified atom stereocenters. The quantitative estimate of drug-likeness (QED) is 0.636. The molecule has 9 heteroatoms. The first-order chi connectivity index (χ1) is 15.0. The fraction of sp³-hybridized carbons (Fsp3) is 0.227. The summed E-state index contributed by atoms with van der Waals surface area (Å²) in [7, 11) is 1.65. The van der Waals surface area contributed by atoms with Crippen molar-refractivity contribution in [3.05, 3.63) is 70.9 Å². The monoisotopic (exact) mass is 439 g/mol. The molecule has 2 aromatic carbocycles. The van der Waals surface area contributed by atoms with E-state index < -0.39 is 0 Å². The summed E-state index contributed by atoms with van der Waals surface area (Å²) in [5.41, 5.74) is 2.28. The van der Waals surface area contributed by atoms with E-state index in [0.717, 1.165) is 18.8 Å². The van der Waals surface area contributed by atoms with Gasteiger partial charge in [0.2, 0.25) is 0 Å². The van der Waals surface area contributed by atoms with E-state index in [1.807, 2.05) is 24.3 Å².